The quantitative estimate of drug-likeness (QED) is 0.541. The van der Waals surface area contributed by atoms with Crippen LogP contribution >= 0.6 is 0 Å². The number of fused-ring (bicyclic) bond motifs is 3. The van der Waals surface area contributed by atoms with Crippen molar-refractivity contribution in [3.63, 3.8) is 0 Å². The topological polar surface area (TPSA) is 13.1 Å². The zero-order chi connectivity index (χ0) is 10.4. The minimum atomic E-state index is -0.853. The maximum Gasteiger partial charge on any atom is 0.170 e. The molecular formula is C12H6F2O. The molecule has 0 spiro atoms. The number of furan rings is 1. The lowest BCUT2D eigenvalue weighted by Gasteiger charge is -1.93. The second kappa shape index (κ2) is 2.79. The number of rotatable bonds is 0. The summed E-state index contributed by atoms with van der Waals surface area (Å²) < 4.78 is 31.9. The molecular weight excluding hydrogens is 198 g/mol. The summed E-state index contributed by atoms with van der Waals surface area (Å²) in [4.78, 5) is 0. The summed E-state index contributed by atoms with van der Waals surface area (Å²) in [5, 5.41) is 0.815. The third kappa shape index (κ3) is 1.06. The maximum absolute atomic E-state index is 13.5. The SMILES string of the molecule is Fc1ccc2oc3ccccc3c2c1F. The van der Waals surface area contributed by atoms with Crippen LogP contribution in [0.25, 0.3) is 21.9 Å². The molecule has 0 aliphatic heterocycles. The number of para-hydroxylation sites is 1. The lowest BCUT2D eigenvalue weighted by molar-refractivity contribution is 0.516. The van der Waals surface area contributed by atoms with E-state index in [0.29, 0.717) is 16.6 Å². The van der Waals surface area contributed by atoms with E-state index in [-0.39, 0.29) is 5.39 Å². The fourth-order valence-corrected chi connectivity index (χ4v) is 1.75. The molecule has 0 unspecified atom stereocenters. The highest BCUT2D eigenvalue weighted by atomic mass is 19.2. The smallest absolute Gasteiger partial charge is 0.170 e. The van der Waals surface area contributed by atoms with E-state index in [1.165, 1.54) is 6.07 Å². The highest BCUT2D eigenvalue weighted by molar-refractivity contribution is 6.05. The van der Waals surface area contributed by atoms with Crippen molar-refractivity contribution in [3.05, 3.63) is 48.0 Å². The van der Waals surface area contributed by atoms with E-state index in [1.54, 1.807) is 24.3 Å². The van der Waals surface area contributed by atoms with Gasteiger partial charge in [0, 0.05) is 5.39 Å². The lowest BCUT2D eigenvalue weighted by Crippen LogP contribution is -1.82. The molecule has 3 heteroatoms. The van der Waals surface area contributed by atoms with Crippen LogP contribution in [0.2, 0.25) is 0 Å². The first-order chi connectivity index (χ1) is 7.27. The Morgan fingerprint density at radius 3 is 2.53 bits per heavy atom. The highest BCUT2D eigenvalue weighted by Crippen LogP contribution is 2.31. The number of halogens is 2. The van der Waals surface area contributed by atoms with Gasteiger partial charge in [-0.15, -0.1) is 0 Å². The molecule has 0 aliphatic rings. The molecule has 0 N–H and O–H groups in total. The summed E-state index contributed by atoms with van der Waals surface area (Å²) in [5.41, 5.74) is 0.937. The molecule has 3 rings (SSSR count). The summed E-state index contributed by atoms with van der Waals surface area (Å²) in [6, 6.07) is 9.50. The Morgan fingerprint density at radius 2 is 1.67 bits per heavy atom. The van der Waals surface area contributed by atoms with E-state index in [0.717, 1.165) is 6.07 Å². The van der Waals surface area contributed by atoms with Crippen LogP contribution in [0.4, 0.5) is 8.78 Å². The number of hydrogen-bond acceptors (Lipinski definition) is 1. The molecule has 15 heavy (non-hydrogen) atoms. The van der Waals surface area contributed by atoms with Gasteiger partial charge in [-0.25, -0.2) is 8.78 Å². The molecule has 0 saturated heterocycles. The van der Waals surface area contributed by atoms with Gasteiger partial charge >= 0.3 is 0 Å². The van der Waals surface area contributed by atoms with Crippen molar-refractivity contribution < 1.29 is 13.2 Å². The van der Waals surface area contributed by atoms with Crippen LogP contribution in [0.5, 0.6) is 0 Å². The summed E-state index contributed by atoms with van der Waals surface area (Å²) in [6.45, 7) is 0. The Hall–Kier alpha value is -1.90. The summed E-state index contributed by atoms with van der Waals surface area (Å²) in [5.74, 6) is -1.70. The first-order valence-electron chi connectivity index (χ1n) is 4.52. The van der Waals surface area contributed by atoms with E-state index in [4.69, 9.17) is 4.42 Å². The first-order valence-corrected chi connectivity index (χ1v) is 4.52. The predicted molar refractivity (Wildman–Crippen MR) is 53.6 cm³/mol. The molecule has 3 aromatic rings. The molecule has 1 nitrogen and oxygen atoms in total. The van der Waals surface area contributed by atoms with Crippen molar-refractivity contribution in [2.45, 2.75) is 0 Å². The molecule has 0 radical (unpaired) electrons. The van der Waals surface area contributed by atoms with Gasteiger partial charge in [0.25, 0.3) is 0 Å². The minimum Gasteiger partial charge on any atom is -0.456 e. The van der Waals surface area contributed by atoms with Gasteiger partial charge in [-0.05, 0) is 18.2 Å². The predicted octanol–water partition coefficient (Wildman–Crippen LogP) is 3.86. The van der Waals surface area contributed by atoms with Crippen molar-refractivity contribution in [2.75, 3.05) is 0 Å². The largest absolute Gasteiger partial charge is 0.456 e. The van der Waals surface area contributed by atoms with E-state index >= 15 is 0 Å². The average Bonchev–Trinajstić information content (AvgIpc) is 2.62. The van der Waals surface area contributed by atoms with Crippen molar-refractivity contribution >= 4 is 21.9 Å². The molecule has 1 aromatic heterocycles. The van der Waals surface area contributed by atoms with Crippen molar-refractivity contribution in [2.24, 2.45) is 0 Å². The second-order valence-corrected chi connectivity index (χ2v) is 3.33. The van der Waals surface area contributed by atoms with Crippen molar-refractivity contribution in [1.82, 2.24) is 0 Å². The molecule has 74 valence electrons. The van der Waals surface area contributed by atoms with Gasteiger partial charge in [-0.1, -0.05) is 18.2 Å². The summed E-state index contributed by atoms with van der Waals surface area (Å²) in [6.07, 6.45) is 0. The monoisotopic (exact) mass is 204 g/mol. The Morgan fingerprint density at radius 1 is 0.867 bits per heavy atom. The standard InChI is InChI=1S/C12H6F2O/c13-8-5-6-10-11(12(8)14)7-3-1-2-4-9(7)15-10/h1-6H. The number of benzene rings is 2. The Kier molecular flexibility index (Phi) is 1.57. The molecule has 0 saturated carbocycles. The molecule has 0 aliphatic carbocycles. The zero-order valence-corrected chi connectivity index (χ0v) is 7.63. The Labute approximate surface area is 83.9 Å². The van der Waals surface area contributed by atoms with Crippen molar-refractivity contribution in [3.8, 4) is 0 Å². The third-order valence-electron chi connectivity index (χ3n) is 2.43. The summed E-state index contributed by atoms with van der Waals surface area (Å²) >= 11 is 0. The molecule has 0 bridgehead atoms. The molecule has 2 aromatic carbocycles. The summed E-state index contributed by atoms with van der Waals surface area (Å²) in [7, 11) is 0. The lowest BCUT2D eigenvalue weighted by atomic mass is 10.1. The van der Waals surface area contributed by atoms with Gasteiger partial charge in [0.1, 0.15) is 11.2 Å². The van der Waals surface area contributed by atoms with Crippen LogP contribution in [-0.4, -0.2) is 0 Å². The van der Waals surface area contributed by atoms with Crippen LogP contribution < -0.4 is 0 Å². The van der Waals surface area contributed by atoms with Gasteiger partial charge in [-0.2, -0.15) is 0 Å². The normalized spacial score (nSPS) is 11.3. The van der Waals surface area contributed by atoms with Crippen LogP contribution in [-0.2, 0) is 0 Å². The highest BCUT2D eigenvalue weighted by Gasteiger charge is 2.13. The molecule has 1 heterocycles. The van der Waals surface area contributed by atoms with E-state index in [2.05, 4.69) is 0 Å². The third-order valence-corrected chi connectivity index (χ3v) is 2.43. The van der Waals surface area contributed by atoms with Gasteiger partial charge in [0.2, 0.25) is 0 Å². The number of hydrogen-bond donors (Lipinski definition) is 0. The fraction of sp³-hybridized carbons (Fsp3) is 0. The Bertz CT molecular complexity index is 655. The van der Waals surface area contributed by atoms with Crippen LogP contribution in [0.3, 0.4) is 0 Å². The van der Waals surface area contributed by atoms with Crippen molar-refractivity contribution in [1.29, 1.82) is 0 Å². The first kappa shape index (κ1) is 8.41. The van der Waals surface area contributed by atoms with Gasteiger partial charge in [-0.3, -0.25) is 0 Å². The molecule has 0 atom stereocenters. The van der Waals surface area contributed by atoms with E-state index in [1.807, 2.05) is 0 Å². The van der Waals surface area contributed by atoms with Gasteiger partial charge in [0.05, 0.1) is 5.39 Å². The van der Waals surface area contributed by atoms with Gasteiger partial charge < -0.3 is 4.42 Å². The maximum atomic E-state index is 13.5. The van der Waals surface area contributed by atoms with E-state index < -0.39 is 11.6 Å². The van der Waals surface area contributed by atoms with E-state index in [9.17, 15) is 8.78 Å². The minimum absolute atomic E-state index is 0.214. The molecule has 0 fully saturated rings. The molecule has 0 amide bonds. The van der Waals surface area contributed by atoms with Crippen LogP contribution in [0, 0.1) is 11.6 Å². The van der Waals surface area contributed by atoms with Crippen LogP contribution in [0.15, 0.2) is 40.8 Å². The zero-order valence-electron chi connectivity index (χ0n) is 7.63. The van der Waals surface area contributed by atoms with Gasteiger partial charge in [0.15, 0.2) is 11.6 Å². The average molecular weight is 204 g/mol. The Balaban J connectivity index is 2.63. The second-order valence-electron chi connectivity index (χ2n) is 3.33. The van der Waals surface area contributed by atoms with Crippen LogP contribution in [0.1, 0.15) is 0 Å². The fourth-order valence-electron chi connectivity index (χ4n) is 1.75.